The Hall–Kier alpha value is -1.84. The van der Waals surface area contributed by atoms with E-state index in [9.17, 15) is 4.79 Å². The van der Waals surface area contributed by atoms with Crippen molar-refractivity contribution in [1.82, 2.24) is 4.90 Å². The monoisotopic (exact) mass is 286 g/mol. The van der Waals surface area contributed by atoms with Crippen molar-refractivity contribution in [3.8, 4) is 5.75 Å². The summed E-state index contributed by atoms with van der Waals surface area (Å²) in [7, 11) is 0. The van der Waals surface area contributed by atoms with E-state index in [-0.39, 0.29) is 12.1 Å². The zero-order valence-electron chi connectivity index (χ0n) is 12.8. The number of hydrogen-bond donors (Lipinski definition) is 0. The number of amides is 1. The first-order chi connectivity index (χ1) is 10.2. The first-order valence-electron chi connectivity index (χ1n) is 7.88. The van der Waals surface area contributed by atoms with Crippen LogP contribution >= 0.6 is 0 Å². The van der Waals surface area contributed by atoms with E-state index >= 15 is 0 Å². The zero-order valence-corrected chi connectivity index (χ0v) is 12.8. The minimum atomic E-state index is -0.152. The fraction of sp³-hybridized carbons (Fsp3) is 0.529. The molecule has 1 amide bonds. The lowest BCUT2D eigenvalue weighted by Crippen LogP contribution is -2.38. The average Bonchev–Trinajstić information content (AvgIpc) is 2.96. The fourth-order valence-electron chi connectivity index (χ4n) is 3.09. The van der Waals surface area contributed by atoms with E-state index in [0.29, 0.717) is 6.42 Å². The van der Waals surface area contributed by atoms with Crippen LogP contribution in [0, 0.1) is 0 Å². The van der Waals surface area contributed by atoms with Crippen molar-refractivity contribution < 1.29 is 9.53 Å². The quantitative estimate of drug-likeness (QED) is 0.839. The summed E-state index contributed by atoms with van der Waals surface area (Å²) < 4.78 is 5.72. The van der Waals surface area contributed by atoms with Crippen LogP contribution in [0.4, 0.5) is 0 Å². The van der Waals surface area contributed by atoms with Gasteiger partial charge in [-0.3, -0.25) is 9.79 Å². The predicted molar refractivity (Wildman–Crippen MR) is 81.6 cm³/mol. The normalized spacial score (nSPS) is 18.9. The van der Waals surface area contributed by atoms with Gasteiger partial charge in [-0.1, -0.05) is 13.8 Å². The van der Waals surface area contributed by atoms with Gasteiger partial charge in [0.25, 0.3) is 0 Å². The molecule has 1 aromatic rings. The first-order valence-corrected chi connectivity index (χ1v) is 7.88. The van der Waals surface area contributed by atoms with Gasteiger partial charge in [-0.15, -0.1) is 0 Å². The molecule has 0 aliphatic carbocycles. The second-order valence-corrected chi connectivity index (χ2v) is 5.58. The molecule has 4 nitrogen and oxygen atoms in total. The molecule has 0 N–H and O–H groups in total. The van der Waals surface area contributed by atoms with Gasteiger partial charge in [0.1, 0.15) is 11.9 Å². The third kappa shape index (κ3) is 2.55. The molecular formula is C17H22N2O2. The van der Waals surface area contributed by atoms with Gasteiger partial charge in [-0.25, -0.2) is 0 Å². The minimum absolute atomic E-state index is 0.152. The van der Waals surface area contributed by atoms with Crippen LogP contribution in [0.25, 0.3) is 6.08 Å². The number of ether oxygens (including phenoxy) is 1. The lowest BCUT2D eigenvalue weighted by Gasteiger charge is -2.25. The first kappa shape index (κ1) is 14.1. The molecule has 0 radical (unpaired) electrons. The second kappa shape index (κ2) is 5.88. The molecule has 1 aromatic carbocycles. The van der Waals surface area contributed by atoms with E-state index in [1.807, 2.05) is 24.0 Å². The van der Waals surface area contributed by atoms with E-state index in [0.717, 1.165) is 43.5 Å². The molecule has 112 valence electrons. The highest BCUT2D eigenvalue weighted by Crippen LogP contribution is 2.21. The Morgan fingerprint density at radius 1 is 1.43 bits per heavy atom. The number of fused-ring (bicyclic) bond motifs is 3. The standard InChI is InChI=1S/C17H22N2O2/c1-3-9-19(17(20)4-2)16-11-13-12-6-5-10-21-15(12)8-7-14(13)18-16/h7-8,11,16H,3-6,9-10H2,1-2H3/t16-/m0/s1. The molecule has 0 unspecified atom stereocenters. The van der Waals surface area contributed by atoms with Gasteiger partial charge in [0.2, 0.25) is 5.91 Å². The molecule has 4 heteroatoms. The topological polar surface area (TPSA) is 41.9 Å². The lowest BCUT2D eigenvalue weighted by atomic mass is 10.0. The molecule has 0 saturated heterocycles. The summed E-state index contributed by atoms with van der Waals surface area (Å²) in [6, 6.07) is 4.02. The lowest BCUT2D eigenvalue weighted by molar-refractivity contribution is -0.131. The van der Waals surface area contributed by atoms with Crippen molar-refractivity contribution >= 4 is 12.0 Å². The number of benzene rings is 1. The van der Waals surface area contributed by atoms with E-state index in [2.05, 4.69) is 13.0 Å². The van der Waals surface area contributed by atoms with Gasteiger partial charge in [0.05, 0.1) is 12.0 Å². The second-order valence-electron chi connectivity index (χ2n) is 5.58. The number of nitrogens with zero attached hydrogens (tertiary/aromatic N) is 2. The molecule has 0 fully saturated rings. The van der Waals surface area contributed by atoms with E-state index in [4.69, 9.17) is 9.73 Å². The van der Waals surface area contributed by atoms with Gasteiger partial charge in [-0.05, 0) is 37.5 Å². The van der Waals surface area contributed by atoms with Gasteiger partial charge in [0, 0.05) is 23.7 Å². The Morgan fingerprint density at radius 3 is 3.05 bits per heavy atom. The predicted octanol–water partition coefficient (Wildman–Crippen LogP) is 1.40. The van der Waals surface area contributed by atoms with Crippen LogP contribution in [-0.4, -0.2) is 30.1 Å². The van der Waals surface area contributed by atoms with Crippen molar-refractivity contribution in [2.45, 2.75) is 45.7 Å². The molecule has 2 heterocycles. The van der Waals surface area contributed by atoms with Crippen LogP contribution in [0.15, 0.2) is 17.1 Å². The zero-order chi connectivity index (χ0) is 14.8. The highest BCUT2D eigenvalue weighted by molar-refractivity contribution is 5.77. The van der Waals surface area contributed by atoms with Gasteiger partial charge >= 0.3 is 0 Å². The number of carbonyl (C=O) groups is 1. The highest BCUT2D eigenvalue weighted by Gasteiger charge is 2.23. The van der Waals surface area contributed by atoms with E-state index in [1.54, 1.807) is 0 Å². The summed E-state index contributed by atoms with van der Waals surface area (Å²) in [5.74, 6) is 1.15. The van der Waals surface area contributed by atoms with Crippen molar-refractivity contribution in [2.75, 3.05) is 13.2 Å². The van der Waals surface area contributed by atoms with E-state index < -0.39 is 0 Å². The largest absolute Gasteiger partial charge is 0.493 e. The summed E-state index contributed by atoms with van der Waals surface area (Å²) >= 11 is 0. The summed E-state index contributed by atoms with van der Waals surface area (Å²) in [4.78, 5) is 18.8. The van der Waals surface area contributed by atoms with Gasteiger partial charge < -0.3 is 9.64 Å². The van der Waals surface area contributed by atoms with Crippen molar-refractivity contribution in [3.63, 3.8) is 0 Å². The van der Waals surface area contributed by atoms with Gasteiger partial charge in [0.15, 0.2) is 0 Å². The highest BCUT2D eigenvalue weighted by atomic mass is 16.5. The Balaban J connectivity index is 2.00. The molecular weight excluding hydrogens is 264 g/mol. The van der Waals surface area contributed by atoms with Crippen LogP contribution in [0.5, 0.6) is 5.75 Å². The third-order valence-electron chi connectivity index (χ3n) is 4.11. The molecule has 0 aromatic heterocycles. The Morgan fingerprint density at radius 2 is 2.29 bits per heavy atom. The molecule has 0 bridgehead atoms. The minimum Gasteiger partial charge on any atom is -0.493 e. The maximum Gasteiger partial charge on any atom is 0.224 e. The maximum absolute atomic E-state index is 12.1. The maximum atomic E-state index is 12.1. The molecule has 1 atom stereocenters. The number of hydrogen-bond acceptors (Lipinski definition) is 3. The van der Waals surface area contributed by atoms with Gasteiger partial charge in [-0.2, -0.15) is 0 Å². The van der Waals surface area contributed by atoms with Crippen LogP contribution in [0.3, 0.4) is 0 Å². The van der Waals surface area contributed by atoms with Crippen molar-refractivity contribution in [3.05, 3.63) is 28.3 Å². The van der Waals surface area contributed by atoms with Crippen molar-refractivity contribution in [2.24, 2.45) is 4.99 Å². The fourth-order valence-corrected chi connectivity index (χ4v) is 3.09. The molecule has 3 rings (SSSR count). The van der Waals surface area contributed by atoms with Crippen molar-refractivity contribution in [1.29, 1.82) is 0 Å². The molecule has 0 saturated carbocycles. The molecule has 2 aliphatic rings. The summed E-state index contributed by atoms with van der Waals surface area (Å²) in [5.41, 5.74) is 1.25. The van der Waals surface area contributed by atoms with E-state index in [1.165, 1.54) is 10.8 Å². The Bertz CT molecular complexity index is 666. The smallest absolute Gasteiger partial charge is 0.224 e. The molecule has 21 heavy (non-hydrogen) atoms. The Labute approximate surface area is 125 Å². The molecule has 2 aliphatic heterocycles. The number of carbonyl (C=O) groups excluding carboxylic acids is 1. The summed E-state index contributed by atoms with van der Waals surface area (Å²) in [5, 5.41) is 2.16. The summed E-state index contributed by atoms with van der Waals surface area (Å²) in [6.45, 7) is 5.54. The summed E-state index contributed by atoms with van der Waals surface area (Å²) in [6.07, 6.45) is 5.54. The van der Waals surface area contributed by atoms with Crippen LogP contribution < -0.4 is 15.3 Å². The van der Waals surface area contributed by atoms with Crippen LogP contribution in [0.1, 0.15) is 38.7 Å². The van der Waals surface area contributed by atoms with Crippen LogP contribution in [-0.2, 0) is 11.2 Å². The molecule has 0 spiro atoms. The van der Waals surface area contributed by atoms with Crippen LogP contribution in [0.2, 0.25) is 0 Å². The average molecular weight is 286 g/mol. The third-order valence-corrected chi connectivity index (χ3v) is 4.11. The Kier molecular flexibility index (Phi) is 3.95. The SMILES string of the molecule is CCCN(C(=O)CC)[C@H]1C=c2c3c(ccc2=N1)OCCC3. The number of rotatable bonds is 4.